The summed E-state index contributed by atoms with van der Waals surface area (Å²) >= 11 is 1.96. The molecule has 118 valence electrons. The van der Waals surface area contributed by atoms with Crippen molar-refractivity contribution in [2.45, 2.75) is 24.6 Å². The van der Waals surface area contributed by atoms with Crippen LogP contribution in [0.3, 0.4) is 0 Å². The van der Waals surface area contributed by atoms with Crippen LogP contribution in [0.25, 0.3) is 0 Å². The van der Waals surface area contributed by atoms with Crippen molar-refractivity contribution in [3.8, 4) is 0 Å². The van der Waals surface area contributed by atoms with Gasteiger partial charge in [0.05, 0.1) is 0 Å². The summed E-state index contributed by atoms with van der Waals surface area (Å²) in [6, 6.07) is 3.45. The maximum absolute atomic E-state index is 13.5. The Hall–Kier alpha value is -0.570. The Kier molecular flexibility index (Phi) is 8.31. The van der Waals surface area contributed by atoms with Gasteiger partial charge in [0.2, 0.25) is 0 Å². The van der Waals surface area contributed by atoms with Crippen molar-refractivity contribution >= 4 is 41.7 Å². The fraction of sp³-hybridized carbons (Fsp3) is 0.500. The van der Waals surface area contributed by atoms with E-state index in [2.05, 4.69) is 15.6 Å². The molecule has 1 unspecified atom stereocenters. The Morgan fingerprint density at radius 1 is 1.38 bits per heavy atom. The van der Waals surface area contributed by atoms with E-state index in [4.69, 9.17) is 0 Å². The molecule has 0 aliphatic carbocycles. The highest BCUT2D eigenvalue weighted by atomic mass is 127. The Bertz CT molecular complexity index is 479. The summed E-state index contributed by atoms with van der Waals surface area (Å²) in [5.41, 5.74) is 0.295. The highest BCUT2D eigenvalue weighted by Gasteiger charge is 2.15. The van der Waals surface area contributed by atoms with Crippen molar-refractivity contribution in [3.05, 3.63) is 35.4 Å². The molecule has 2 rings (SSSR count). The third kappa shape index (κ3) is 5.98. The maximum Gasteiger partial charge on any atom is 0.191 e. The molecule has 2 N–H and O–H groups in total. The minimum Gasteiger partial charge on any atom is -0.355 e. The molecule has 1 aromatic rings. The van der Waals surface area contributed by atoms with Crippen LogP contribution in [0.2, 0.25) is 0 Å². The second kappa shape index (κ2) is 9.45. The largest absolute Gasteiger partial charge is 0.355 e. The van der Waals surface area contributed by atoms with Crippen molar-refractivity contribution in [1.82, 2.24) is 10.6 Å². The SMILES string of the molecule is CN=C(NCc1cc(F)ccc1F)NCC1CCCS1.I. The summed E-state index contributed by atoms with van der Waals surface area (Å²) in [5, 5.41) is 6.83. The van der Waals surface area contributed by atoms with Gasteiger partial charge in [-0.2, -0.15) is 11.8 Å². The lowest BCUT2D eigenvalue weighted by Crippen LogP contribution is -2.39. The first-order chi connectivity index (χ1) is 9.69. The summed E-state index contributed by atoms with van der Waals surface area (Å²) in [7, 11) is 1.67. The van der Waals surface area contributed by atoms with E-state index in [1.165, 1.54) is 24.7 Å². The topological polar surface area (TPSA) is 36.4 Å². The van der Waals surface area contributed by atoms with Crippen molar-refractivity contribution in [2.75, 3.05) is 19.3 Å². The van der Waals surface area contributed by atoms with E-state index >= 15 is 0 Å². The van der Waals surface area contributed by atoms with Gasteiger partial charge < -0.3 is 10.6 Å². The number of hydrogen-bond donors (Lipinski definition) is 2. The molecule has 0 aromatic heterocycles. The first-order valence-corrected chi connectivity index (χ1v) is 7.74. The van der Waals surface area contributed by atoms with Gasteiger partial charge in [-0.25, -0.2) is 8.78 Å². The average molecular weight is 427 g/mol. The number of rotatable bonds is 4. The quantitative estimate of drug-likeness (QED) is 0.441. The molecule has 1 aliphatic rings. The maximum atomic E-state index is 13.5. The van der Waals surface area contributed by atoms with Gasteiger partial charge in [0.25, 0.3) is 0 Å². The summed E-state index contributed by atoms with van der Waals surface area (Å²) in [4.78, 5) is 4.09. The van der Waals surface area contributed by atoms with E-state index in [9.17, 15) is 8.78 Å². The smallest absolute Gasteiger partial charge is 0.191 e. The third-order valence-corrected chi connectivity index (χ3v) is 4.60. The fourth-order valence-corrected chi connectivity index (χ4v) is 3.30. The standard InChI is InChI=1S/C14H19F2N3S.HI/c1-17-14(19-9-12-3-2-6-20-12)18-8-10-7-11(15)4-5-13(10)16;/h4-5,7,12H,2-3,6,8-9H2,1H3,(H2,17,18,19);1H. The Morgan fingerprint density at radius 3 is 2.86 bits per heavy atom. The Balaban J connectivity index is 0.00000220. The first-order valence-electron chi connectivity index (χ1n) is 6.69. The van der Waals surface area contributed by atoms with Gasteiger partial charge in [0, 0.05) is 31.0 Å². The number of aliphatic imine (C=N–C) groups is 1. The molecule has 0 saturated carbocycles. The number of hydrogen-bond acceptors (Lipinski definition) is 2. The van der Waals surface area contributed by atoms with E-state index in [1.54, 1.807) is 7.05 Å². The lowest BCUT2D eigenvalue weighted by atomic mass is 10.2. The Morgan fingerprint density at radius 2 is 2.19 bits per heavy atom. The van der Waals surface area contributed by atoms with Crippen molar-refractivity contribution in [3.63, 3.8) is 0 Å². The minimum atomic E-state index is -0.437. The molecule has 1 aromatic carbocycles. The zero-order chi connectivity index (χ0) is 14.4. The molecule has 1 heterocycles. The summed E-state index contributed by atoms with van der Waals surface area (Å²) in [5.74, 6) is 0.975. The number of benzene rings is 1. The monoisotopic (exact) mass is 427 g/mol. The molecular formula is C14H20F2IN3S. The molecule has 0 radical (unpaired) electrons. The molecule has 1 aliphatic heterocycles. The molecule has 0 amide bonds. The van der Waals surface area contributed by atoms with Crippen LogP contribution in [0.15, 0.2) is 23.2 Å². The van der Waals surface area contributed by atoms with Crippen LogP contribution >= 0.6 is 35.7 Å². The molecule has 7 heteroatoms. The molecule has 21 heavy (non-hydrogen) atoms. The van der Waals surface area contributed by atoms with Gasteiger partial charge in [0.15, 0.2) is 5.96 Å². The normalized spacial score (nSPS) is 18.2. The van der Waals surface area contributed by atoms with Gasteiger partial charge in [0.1, 0.15) is 11.6 Å². The Labute approximate surface area is 145 Å². The van der Waals surface area contributed by atoms with Gasteiger partial charge in [-0.15, -0.1) is 24.0 Å². The van der Waals surface area contributed by atoms with Crippen LogP contribution in [0, 0.1) is 11.6 Å². The van der Waals surface area contributed by atoms with Gasteiger partial charge in [-0.3, -0.25) is 4.99 Å². The van der Waals surface area contributed by atoms with Gasteiger partial charge in [-0.05, 0) is 36.8 Å². The predicted octanol–water partition coefficient (Wildman–Crippen LogP) is 3.14. The van der Waals surface area contributed by atoms with Crippen molar-refractivity contribution in [1.29, 1.82) is 0 Å². The third-order valence-electron chi connectivity index (χ3n) is 3.20. The average Bonchev–Trinajstić information content (AvgIpc) is 2.96. The van der Waals surface area contributed by atoms with Gasteiger partial charge in [-0.1, -0.05) is 0 Å². The number of halogens is 3. The molecule has 1 fully saturated rings. The van der Waals surface area contributed by atoms with Gasteiger partial charge >= 0.3 is 0 Å². The van der Waals surface area contributed by atoms with E-state index in [0.29, 0.717) is 16.8 Å². The summed E-state index contributed by atoms with van der Waals surface area (Å²) in [6.07, 6.45) is 2.48. The lowest BCUT2D eigenvalue weighted by Gasteiger charge is -2.15. The first kappa shape index (κ1) is 18.5. The lowest BCUT2D eigenvalue weighted by molar-refractivity contribution is 0.581. The van der Waals surface area contributed by atoms with E-state index < -0.39 is 11.6 Å². The molecular weight excluding hydrogens is 407 g/mol. The molecule has 3 nitrogen and oxygen atoms in total. The second-order valence-corrected chi connectivity index (χ2v) is 6.09. The highest BCUT2D eigenvalue weighted by Crippen LogP contribution is 2.25. The van der Waals surface area contributed by atoms with Crippen LogP contribution in [0.4, 0.5) is 8.78 Å². The van der Waals surface area contributed by atoms with Crippen molar-refractivity contribution < 1.29 is 8.78 Å². The predicted molar refractivity (Wildman–Crippen MR) is 95.5 cm³/mol. The van der Waals surface area contributed by atoms with E-state index in [1.807, 2.05) is 11.8 Å². The number of guanidine groups is 1. The molecule has 0 spiro atoms. The van der Waals surface area contributed by atoms with Crippen LogP contribution in [0.5, 0.6) is 0 Å². The van der Waals surface area contributed by atoms with Crippen LogP contribution < -0.4 is 10.6 Å². The second-order valence-electron chi connectivity index (χ2n) is 4.68. The van der Waals surface area contributed by atoms with E-state index in [0.717, 1.165) is 18.7 Å². The number of nitrogens with zero attached hydrogens (tertiary/aromatic N) is 1. The highest BCUT2D eigenvalue weighted by molar-refractivity contribution is 14.0. The van der Waals surface area contributed by atoms with Crippen LogP contribution in [-0.4, -0.2) is 30.6 Å². The number of nitrogens with one attached hydrogen (secondary N) is 2. The molecule has 1 atom stereocenters. The molecule has 0 bridgehead atoms. The van der Waals surface area contributed by atoms with E-state index in [-0.39, 0.29) is 30.5 Å². The fourth-order valence-electron chi connectivity index (χ4n) is 2.09. The number of thioether (sulfide) groups is 1. The minimum absolute atomic E-state index is 0. The van der Waals surface area contributed by atoms with Crippen LogP contribution in [0.1, 0.15) is 18.4 Å². The molecule has 1 saturated heterocycles. The van der Waals surface area contributed by atoms with Crippen molar-refractivity contribution in [2.24, 2.45) is 4.99 Å². The van der Waals surface area contributed by atoms with Crippen LogP contribution in [-0.2, 0) is 6.54 Å². The summed E-state index contributed by atoms with van der Waals surface area (Å²) < 4.78 is 26.5. The zero-order valence-corrected chi connectivity index (χ0v) is 15.0. The zero-order valence-electron chi connectivity index (χ0n) is 11.9. The summed E-state index contributed by atoms with van der Waals surface area (Å²) in [6.45, 7) is 1.05.